The van der Waals surface area contributed by atoms with Crippen molar-refractivity contribution in [2.75, 3.05) is 0 Å². The third kappa shape index (κ3) is 3.09. The summed E-state index contributed by atoms with van der Waals surface area (Å²) in [5, 5.41) is 14.4. The second-order valence-electron chi connectivity index (χ2n) is 6.17. The zero-order valence-corrected chi connectivity index (χ0v) is 15.2. The van der Waals surface area contributed by atoms with Gasteiger partial charge in [0.1, 0.15) is 17.3 Å². The van der Waals surface area contributed by atoms with Crippen LogP contribution in [0.25, 0.3) is 33.7 Å². The Balaban J connectivity index is 2.03. The number of hydrogen-bond donors (Lipinski definition) is 1. The van der Waals surface area contributed by atoms with Crippen molar-refractivity contribution in [1.29, 1.82) is 0 Å². The monoisotopic (exact) mass is 379 g/mol. The molecule has 4 aromatic rings. The minimum atomic E-state index is -0.310. The molecule has 5 heteroatoms. The topological polar surface area (TPSA) is 46.3 Å². The van der Waals surface area contributed by atoms with E-state index in [1.807, 2.05) is 24.3 Å². The van der Waals surface area contributed by atoms with Crippen molar-refractivity contribution in [3.05, 3.63) is 83.1 Å². The van der Waals surface area contributed by atoms with Gasteiger partial charge >= 0.3 is 0 Å². The molecular weight excluding hydrogens is 365 g/mol. The molecule has 0 aliphatic rings. The molecule has 1 N–H and O–H groups in total. The van der Waals surface area contributed by atoms with Gasteiger partial charge < -0.3 is 9.63 Å². The van der Waals surface area contributed by atoms with Crippen LogP contribution in [0.4, 0.5) is 4.39 Å². The Morgan fingerprint density at radius 2 is 1.63 bits per heavy atom. The summed E-state index contributed by atoms with van der Waals surface area (Å²) in [6.45, 7) is 1.72. The number of phenolic OH excluding ortho intramolecular Hbond substituents is 1. The number of halogens is 2. The smallest absolute Gasteiger partial charge is 0.175 e. The lowest BCUT2D eigenvalue weighted by molar-refractivity contribution is 0.435. The third-order valence-electron chi connectivity index (χ3n) is 4.49. The number of nitrogens with zero attached hydrogens (tertiary/aromatic N) is 1. The van der Waals surface area contributed by atoms with Gasteiger partial charge in [-0.15, -0.1) is 0 Å². The van der Waals surface area contributed by atoms with Crippen molar-refractivity contribution in [3.8, 4) is 39.5 Å². The van der Waals surface area contributed by atoms with Crippen LogP contribution in [0.15, 0.2) is 71.3 Å². The lowest BCUT2D eigenvalue weighted by atomic mass is 9.93. The molecule has 4 rings (SSSR count). The predicted molar refractivity (Wildman–Crippen MR) is 104 cm³/mol. The largest absolute Gasteiger partial charge is 0.508 e. The first kappa shape index (κ1) is 17.3. The van der Waals surface area contributed by atoms with Gasteiger partial charge in [0.2, 0.25) is 0 Å². The van der Waals surface area contributed by atoms with Gasteiger partial charge in [0.25, 0.3) is 0 Å². The number of aromatic nitrogens is 1. The second kappa shape index (κ2) is 6.89. The van der Waals surface area contributed by atoms with Crippen LogP contribution in [0.3, 0.4) is 0 Å². The van der Waals surface area contributed by atoms with E-state index in [1.54, 1.807) is 43.3 Å². The Labute approximate surface area is 160 Å². The van der Waals surface area contributed by atoms with Crippen LogP contribution in [-0.4, -0.2) is 10.3 Å². The first-order chi connectivity index (χ1) is 13.1. The molecule has 0 aliphatic heterocycles. The molecule has 0 radical (unpaired) electrons. The summed E-state index contributed by atoms with van der Waals surface area (Å²) in [7, 11) is 0. The molecule has 1 heterocycles. The fraction of sp³-hybridized carbons (Fsp3) is 0.0455. The average molecular weight is 380 g/mol. The van der Waals surface area contributed by atoms with E-state index in [2.05, 4.69) is 5.16 Å². The van der Waals surface area contributed by atoms with E-state index in [0.29, 0.717) is 38.7 Å². The van der Waals surface area contributed by atoms with Crippen molar-refractivity contribution >= 4 is 11.6 Å². The molecule has 0 unspecified atom stereocenters. The first-order valence-electron chi connectivity index (χ1n) is 8.35. The molecule has 3 nitrogen and oxygen atoms in total. The van der Waals surface area contributed by atoms with Gasteiger partial charge in [-0.25, -0.2) is 4.39 Å². The molecule has 0 amide bonds. The van der Waals surface area contributed by atoms with Crippen LogP contribution in [0, 0.1) is 12.7 Å². The van der Waals surface area contributed by atoms with Gasteiger partial charge in [0.05, 0.1) is 10.6 Å². The quantitative estimate of drug-likeness (QED) is 0.443. The fourth-order valence-electron chi connectivity index (χ4n) is 3.07. The second-order valence-corrected chi connectivity index (χ2v) is 6.58. The number of aromatic hydroxyl groups is 1. The van der Waals surface area contributed by atoms with E-state index in [-0.39, 0.29) is 11.6 Å². The highest BCUT2D eigenvalue weighted by molar-refractivity contribution is 6.33. The first-order valence-corrected chi connectivity index (χ1v) is 8.73. The van der Waals surface area contributed by atoms with E-state index in [1.165, 1.54) is 6.07 Å². The minimum absolute atomic E-state index is 0.146. The fourth-order valence-corrected chi connectivity index (χ4v) is 3.29. The number of benzene rings is 3. The Morgan fingerprint density at radius 1 is 0.926 bits per heavy atom. The van der Waals surface area contributed by atoms with Crippen LogP contribution in [-0.2, 0) is 0 Å². The van der Waals surface area contributed by atoms with Crippen LogP contribution < -0.4 is 0 Å². The highest BCUT2D eigenvalue weighted by Crippen LogP contribution is 2.43. The lowest BCUT2D eigenvalue weighted by Crippen LogP contribution is -1.91. The van der Waals surface area contributed by atoms with Crippen molar-refractivity contribution < 1.29 is 14.0 Å². The van der Waals surface area contributed by atoms with Gasteiger partial charge in [-0.05, 0) is 54.4 Å². The van der Waals surface area contributed by atoms with E-state index in [4.69, 9.17) is 16.1 Å². The zero-order chi connectivity index (χ0) is 19.0. The molecule has 27 heavy (non-hydrogen) atoms. The maximum absolute atomic E-state index is 14.3. The Kier molecular flexibility index (Phi) is 4.42. The van der Waals surface area contributed by atoms with Crippen molar-refractivity contribution in [2.45, 2.75) is 6.92 Å². The molecule has 0 atom stereocenters. The maximum atomic E-state index is 14.3. The summed E-state index contributed by atoms with van der Waals surface area (Å²) in [5.74, 6) is 0.321. The van der Waals surface area contributed by atoms with Crippen molar-refractivity contribution in [1.82, 2.24) is 5.16 Å². The zero-order valence-electron chi connectivity index (χ0n) is 14.4. The van der Waals surface area contributed by atoms with E-state index in [9.17, 15) is 9.50 Å². The average Bonchev–Trinajstić information content (AvgIpc) is 3.09. The molecule has 0 bridgehead atoms. The number of rotatable bonds is 3. The van der Waals surface area contributed by atoms with E-state index in [0.717, 1.165) is 5.56 Å². The van der Waals surface area contributed by atoms with E-state index < -0.39 is 0 Å². The SMILES string of the molecule is Cc1c(F)cccc1-c1c(-c2ccccc2Cl)noc1-c1ccc(O)cc1. The van der Waals surface area contributed by atoms with Crippen molar-refractivity contribution in [3.63, 3.8) is 0 Å². The summed E-state index contributed by atoms with van der Waals surface area (Å²) < 4.78 is 19.9. The molecule has 0 saturated carbocycles. The molecule has 0 aliphatic carbocycles. The van der Waals surface area contributed by atoms with Crippen LogP contribution in [0.2, 0.25) is 5.02 Å². The highest BCUT2D eigenvalue weighted by atomic mass is 35.5. The Morgan fingerprint density at radius 3 is 2.37 bits per heavy atom. The van der Waals surface area contributed by atoms with Gasteiger partial charge in [-0.2, -0.15) is 0 Å². The third-order valence-corrected chi connectivity index (χ3v) is 4.82. The van der Waals surface area contributed by atoms with Crippen molar-refractivity contribution in [2.24, 2.45) is 0 Å². The van der Waals surface area contributed by atoms with Gasteiger partial charge in [0.15, 0.2) is 5.76 Å². The Hall–Kier alpha value is -3.11. The molecule has 0 spiro atoms. The number of phenols is 1. The molecule has 0 fully saturated rings. The summed E-state index contributed by atoms with van der Waals surface area (Å²) in [6.07, 6.45) is 0. The normalized spacial score (nSPS) is 10.9. The summed E-state index contributed by atoms with van der Waals surface area (Å²) in [5.41, 5.74) is 3.79. The standard InChI is InChI=1S/C22H15ClFNO2/c1-13-16(6-4-8-19(13)24)20-21(17-5-2-3-7-18(17)23)25-27-22(20)14-9-11-15(26)12-10-14/h2-12,26H,1H3. The lowest BCUT2D eigenvalue weighted by Gasteiger charge is -2.10. The van der Waals surface area contributed by atoms with Gasteiger partial charge in [-0.1, -0.05) is 47.1 Å². The van der Waals surface area contributed by atoms with Gasteiger partial charge in [0, 0.05) is 11.1 Å². The Bertz CT molecular complexity index is 1120. The summed E-state index contributed by atoms with van der Waals surface area (Å²) >= 11 is 6.38. The van der Waals surface area contributed by atoms with Crippen LogP contribution in [0.1, 0.15) is 5.56 Å². The molecule has 134 valence electrons. The summed E-state index contributed by atoms with van der Waals surface area (Å²) in [4.78, 5) is 0. The van der Waals surface area contributed by atoms with E-state index >= 15 is 0 Å². The van der Waals surface area contributed by atoms with Gasteiger partial charge in [-0.3, -0.25) is 0 Å². The molecule has 1 aromatic heterocycles. The van der Waals surface area contributed by atoms with Crippen LogP contribution in [0.5, 0.6) is 5.75 Å². The number of hydrogen-bond acceptors (Lipinski definition) is 3. The van der Waals surface area contributed by atoms with Crippen LogP contribution >= 0.6 is 11.6 Å². The summed E-state index contributed by atoms with van der Waals surface area (Å²) in [6, 6.07) is 18.8. The maximum Gasteiger partial charge on any atom is 0.175 e. The minimum Gasteiger partial charge on any atom is -0.508 e. The predicted octanol–water partition coefficient (Wildman–Crippen LogP) is 6.48. The molecule has 0 saturated heterocycles. The highest BCUT2D eigenvalue weighted by Gasteiger charge is 2.24. The molecule has 3 aromatic carbocycles. The molecular formula is C22H15ClFNO2.